The van der Waals surface area contributed by atoms with Crippen molar-refractivity contribution >= 4 is 11.6 Å². The Hall–Kier alpha value is -2.37. The van der Waals surface area contributed by atoms with Crippen molar-refractivity contribution in [2.45, 2.75) is 13.0 Å². The van der Waals surface area contributed by atoms with Crippen LogP contribution < -0.4 is 15.0 Å². The van der Waals surface area contributed by atoms with E-state index in [0.717, 1.165) is 24.2 Å². The van der Waals surface area contributed by atoms with E-state index in [4.69, 9.17) is 9.47 Å². The number of benzene rings is 2. The van der Waals surface area contributed by atoms with Crippen LogP contribution in [0.25, 0.3) is 0 Å². The summed E-state index contributed by atoms with van der Waals surface area (Å²) in [5.41, 5.74) is 2.80. The lowest BCUT2D eigenvalue weighted by molar-refractivity contribution is -0.929. The third kappa shape index (κ3) is 4.18. The quantitative estimate of drug-likeness (QED) is 0.869. The minimum atomic E-state index is -0.268. The molecule has 0 spiro atoms. The van der Waals surface area contributed by atoms with E-state index in [1.54, 1.807) is 7.11 Å². The molecule has 0 bridgehead atoms. The van der Waals surface area contributed by atoms with E-state index >= 15 is 0 Å². The van der Waals surface area contributed by atoms with E-state index in [2.05, 4.69) is 5.32 Å². The zero-order chi connectivity index (χ0) is 17.6. The molecule has 0 unspecified atom stereocenters. The molecule has 1 aliphatic heterocycles. The molecule has 2 aromatic carbocycles. The molecule has 132 valence electrons. The van der Waals surface area contributed by atoms with Gasteiger partial charge in [-0.15, -0.1) is 0 Å². The summed E-state index contributed by atoms with van der Waals surface area (Å²) in [4.78, 5) is 14.4. The Morgan fingerprint density at radius 1 is 1.16 bits per heavy atom. The number of morpholine rings is 1. The second-order valence-corrected chi connectivity index (χ2v) is 6.31. The van der Waals surface area contributed by atoms with Crippen LogP contribution in [0, 0.1) is 6.92 Å². The van der Waals surface area contributed by atoms with E-state index in [1.165, 1.54) is 4.90 Å². The molecule has 3 rings (SSSR count). The van der Waals surface area contributed by atoms with Crippen molar-refractivity contribution in [2.75, 3.05) is 38.7 Å². The van der Waals surface area contributed by atoms with Gasteiger partial charge < -0.3 is 19.7 Å². The van der Waals surface area contributed by atoms with Gasteiger partial charge in [0, 0.05) is 5.56 Å². The molecule has 5 nitrogen and oxygen atoms in total. The molecule has 1 aliphatic rings. The van der Waals surface area contributed by atoms with Gasteiger partial charge in [-0.05, 0) is 24.6 Å². The molecule has 0 radical (unpaired) electrons. The number of amides is 1. The highest BCUT2D eigenvalue weighted by Gasteiger charge is 2.33. The summed E-state index contributed by atoms with van der Waals surface area (Å²) < 4.78 is 10.9. The van der Waals surface area contributed by atoms with Gasteiger partial charge in [-0.25, -0.2) is 0 Å². The summed E-state index contributed by atoms with van der Waals surface area (Å²) in [6, 6.07) is 15.5. The maximum absolute atomic E-state index is 13.2. The van der Waals surface area contributed by atoms with Crippen molar-refractivity contribution in [1.29, 1.82) is 0 Å². The number of quaternary nitrogens is 1. The van der Waals surface area contributed by atoms with E-state index in [9.17, 15) is 4.79 Å². The standard InChI is InChI=1S/C20H24N2O3/c1-15-8-9-18(24-2)17(14-15)21-20(23)19(16-6-4-3-5-7-16)22-10-12-25-13-11-22/h3-9,14,19H,10-13H2,1-2H3,(H,21,23)/p+1/t19-/m1/s1. The molecule has 25 heavy (non-hydrogen) atoms. The van der Waals surface area contributed by atoms with E-state index < -0.39 is 0 Å². The van der Waals surface area contributed by atoms with Gasteiger partial charge in [0.25, 0.3) is 5.91 Å². The first-order valence-corrected chi connectivity index (χ1v) is 8.62. The summed E-state index contributed by atoms with van der Waals surface area (Å²) in [5, 5.41) is 3.07. The topological polar surface area (TPSA) is 52.0 Å². The predicted molar refractivity (Wildman–Crippen MR) is 97.1 cm³/mol. The number of carbonyl (C=O) groups is 1. The Balaban J connectivity index is 1.88. The molecule has 1 atom stereocenters. The Morgan fingerprint density at radius 2 is 1.88 bits per heavy atom. The number of anilines is 1. The number of ether oxygens (including phenoxy) is 2. The fourth-order valence-electron chi connectivity index (χ4n) is 3.26. The van der Waals surface area contributed by atoms with Crippen LogP contribution in [0.15, 0.2) is 48.5 Å². The highest BCUT2D eigenvalue weighted by atomic mass is 16.5. The number of aryl methyl sites for hydroxylation is 1. The largest absolute Gasteiger partial charge is 0.495 e. The molecule has 1 amide bonds. The third-order valence-corrected chi connectivity index (χ3v) is 4.55. The molecule has 5 heteroatoms. The summed E-state index contributed by atoms with van der Waals surface area (Å²) in [7, 11) is 1.61. The number of hydrogen-bond donors (Lipinski definition) is 2. The molecule has 0 aromatic heterocycles. The molecule has 2 aromatic rings. The molecule has 1 heterocycles. The van der Waals surface area contributed by atoms with Gasteiger partial charge in [-0.2, -0.15) is 0 Å². The van der Waals surface area contributed by atoms with Crippen LogP contribution in [-0.4, -0.2) is 39.3 Å². The number of hydrogen-bond acceptors (Lipinski definition) is 3. The van der Waals surface area contributed by atoms with E-state index in [1.807, 2.05) is 55.5 Å². The average Bonchev–Trinajstić information content (AvgIpc) is 2.64. The van der Waals surface area contributed by atoms with E-state index in [-0.39, 0.29) is 11.9 Å². The lowest BCUT2D eigenvalue weighted by Crippen LogP contribution is -3.15. The summed E-state index contributed by atoms with van der Waals surface area (Å²) in [5.74, 6) is 0.648. The first-order chi connectivity index (χ1) is 12.2. The van der Waals surface area contributed by atoms with Crippen LogP contribution in [0.4, 0.5) is 5.69 Å². The van der Waals surface area contributed by atoms with Crippen LogP contribution in [-0.2, 0) is 9.53 Å². The van der Waals surface area contributed by atoms with Crippen LogP contribution in [0.1, 0.15) is 17.2 Å². The zero-order valence-corrected chi connectivity index (χ0v) is 14.7. The SMILES string of the molecule is COc1ccc(C)cc1NC(=O)[C@@H](c1ccccc1)[NH+]1CCOCC1. The number of rotatable bonds is 5. The van der Waals surface area contributed by atoms with Crippen LogP contribution in [0.2, 0.25) is 0 Å². The molecule has 1 saturated heterocycles. The van der Waals surface area contributed by atoms with Crippen molar-refractivity contribution in [2.24, 2.45) is 0 Å². The molecule has 0 aliphatic carbocycles. The maximum Gasteiger partial charge on any atom is 0.287 e. The third-order valence-electron chi connectivity index (χ3n) is 4.55. The lowest BCUT2D eigenvalue weighted by atomic mass is 10.0. The van der Waals surface area contributed by atoms with Crippen molar-refractivity contribution in [3.63, 3.8) is 0 Å². The minimum absolute atomic E-state index is 0.0213. The van der Waals surface area contributed by atoms with Crippen molar-refractivity contribution in [1.82, 2.24) is 0 Å². The summed E-state index contributed by atoms with van der Waals surface area (Å²) in [6.07, 6.45) is 0. The van der Waals surface area contributed by atoms with E-state index in [0.29, 0.717) is 24.7 Å². The molecule has 2 N–H and O–H groups in total. The molecular weight excluding hydrogens is 316 g/mol. The Morgan fingerprint density at radius 3 is 2.56 bits per heavy atom. The lowest BCUT2D eigenvalue weighted by Gasteiger charge is -2.31. The number of methoxy groups -OCH3 is 1. The average molecular weight is 341 g/mol. The zero-order valence-electron chi connectivity index (χ0n) is 14.7. The van der Waals surface area contributed by atoms with Crippen LogP contribution in [0.3, 0.4) is 0 Å². The maximum atomic E-state index is 13.2. The van der Waals surface area contributed by atoms with Gasteiger partial charge in [0.05, 0.1) is 26.0 Å². The normalized spacial score (nSPS) is 16.2. The van der Waals surface area contributed by atoms with Crippen LogP contribution in [0.5, 0.6) is 5.75 Å². The predicted octanol–water partition coefficient (Wildman–Crippen LogP) is 1.60. The Labute approximate surface area is 148 Å². The first-order valence-electron chi connectivity index (χ1n) is 8.62. The van der Waals surface area contributed by atoms with Crippen molar-refractivity contribution in [3.8, 4) is 5.75 Å². The fourth-order valence-corrected chi connectivity index (χ4v) is 3.26. The molecular formula is C20H25N2O3+. The van der Waals surface area contributed by atoms with Crippen LogP contribution >= 0.6 is 0 Å². The van der Waals surface area contributed by atoms with Crippen molar-refractivity contribution < 1.29 is 19.2 Å². The van der Waals surface area contributed by atoms with Gasteiger partial charge in [0.2, 0.25) is 0 Å². The fraction of sp³-hybridized carbons (Fsp3) is 0.350. The van der Waals surface area contributed by atoms with Gasteiger partial charge in [-0.3, -0.25) is 4.79 Å². The molecule has 0 saturated carbocycles. The van der Waals surface area contributed by atoms with Gasteiger partial charge >= 0.3 is 0 Å². The second-order valence-electron chi connectivity index (χ2n) is 6.31. The Bertz CT molecular complexity index is 712. The highest BCUT2D eigenvalue weighted by Crippen LogP contribution is 2.26. The minimum Gasteiger partial charge on any atom is -0.495 e. The van der Waals surface area contributed by atoms with Gasteiger partial charge in [0.15, 0.2) is 6.04 Å². The number of nitrogens with one attached hydrogen (secondary N) is 2. The van der Waals surface area contributed by atoms with Crippen molar-refractivity contribution in [3.05, 3.63) is 59.7 Å². The van der Waals surface area contributed by atoms with Gasteiger partial charge in [-0.1, -0.05) is 36.4 Å². The molecule has 1 fully saturated rings. The number of carbonyl (C=O) groups excluding carboxylic acids is 1. The highest BCUT2D eigenvalue weighted by molar-refractivity contribution is 5.96. The summed E-state index contributed by atoms with van der Waals surface area (Å²) in [6.45, 7) is 4.99. The first kappa shape index (κ1) is 17.5. The Kier molecular flexibility index (Phi) is 5.68. The monoisotopic (exact) mass is 341 g/mol. The smallest absolute Gasteiger partial charge is 0.287 e. The van der Waals surface area contributed by atoms with Gasteiger partial charge in [0.1, 0.15) is 18.8 Å². The summed E-state index contributed by atoms with van der Waals surface area (Å²) >= 11 is 0. The second kappa shape index (κ2) is 8.14.